The van der Waals surface area contributed by atoms with Gasteiger partial charge in [-0.15, -0.1) is 0 Å². The van der Waals surface area contributed by atoms with E-state index in [1.807, 2.05) is 0 Å². The summed E-state index contributed by atoms with van der Waals surface area (Å²) in [5.74, 6) is 0.989. The Morgan fingerprint density at radius 1 is 1.50 bits per heavy atom. The van der Waals surface area contributed by atoms with Gasteiger partial charge in [-0.2, -0.15) is 0 Å². The van der Waals surface area contributed by atoms with Gasteiger partial charge in [-0.05, 0) is 44.1 Å². The van der Waals surface area contributed by atoms with E-state index in [2.05, 4.69) is 4.90 Å². The van der Waals surface area contributed by atoms with Crippen LogP contribution in [-0.2, 0) is 9.53 Å². The highest BCUT2D eigenvalue weighted by Crippen LogP contribution is 2.38. The monoisotopic (exact) mass is 227 g/mol. The first-order valence-corrected chi connectivity index (χ1v) is 6.19. The molecule has 0 spiro atoms. The summed E-state index contributed by atoms with van der Waals surface area (Å²) in [5.41, 5.74) is 0. The molecule has 0 radical (unpaired) electrons. The van der Waals surface area contributed by atoms with Crippen molar-refractivity contribution in [1.82, 2.24) is 4.90 Å². The minimum absolute atomic E-state index is 0.0197. The van der Waals surface area contributed by atoms with Crippen LogP contribution in [0.5, 0.6) is 0 Å². The van der Waals surface area contributed by atoms with Crippen LogP contribution < -0.4 is 0 Å². The Kier molecular flexibility index (Phi) is 3.82. The molecule has 1 heterocycles. The van der Waals surface area contributed by atoms with Gasteiger partial charge in [-0.25, -0.2) is 0 Å². The average Bonchev–Trinajstić information content (AvgIpc) is 3.00. The molecule has 2 atom stereocenters. The molecule has 0 aromatic heterocycles. The van der Waals surface area contributed by atoms with E-state index < -0.39 is 0 Å². The smallest absolute Gasteiger partial charge is 0.323 e. The van der Waals surface area contributed by atoms with Gasteiger partial charge in [-0.3, -0.25) is 9.69 Å². The molecule has 16 heavy (non-hydrogen) atoms. The van der Waals surface area contributed by atoms with Gasteiger partial charge < -0.3 is 9.84 Å². The number of carbonyl (C=O) groups excluding carboxylic acids is 1. The van der Waals surface area contributed by atoms with Crippen molar-refractivity contribution in [2.45, 2.75) is 31.7 Å². The highest BCUT2D eigenvalue weighted by Gasteiger charge is 2.43. The van der Waals surface area contributed by atoms with Crippen molar-refractivity contribution < 1.29 is 14.6 Å². The second-order valence-electron chi connectivity index (χ2n) is 4.97. The third-order valence-corrected chi connectivity index (χ3v) is 3.76. The van der Waals surface area contributed by atoms with Gasteiger partial charge in [-0.1, -0.05) is 0 Å². The number of esters is 1. The van der Waals surface area contributed by atoms with E-state index in [1.54, 1.807) is 0 Å². The normalized spacial score (nSPS) is 28.0. The summed E-state index contributed by atoms with van der Waals surface area (Å²) in [6.45, 7) is 2.17. The molecule has 1 aliphatic carbocycles. The maximum atomic E-state index is 11.7. The molecular weight excluding hydrogens is 206 g/mol. The lowest BCUT2D eigenvalue weighted by molar-refractivity contribution is -0.147. The molecule has 0 bridgehead atoms. The Labute approximate surface area is 96.6 Å². The molecule has 4 heteroatoms. The number of hydrogen-bond acceptors (Lipinski definition) is 4. The van der Waals surface area contributed by atoms with Crippen LogP contribution in [0.4, 0.5) is 0 Å². The molecular formula is C12H21NO3. The quantitative estimate of drug-likeness (QED) is 0.700. The largest absolute Gasteiger partial charge is 0.468 e. The molecule has 1 saturated carbocycles. The van der Waals surface area contributed by atoms with Gasteiger partial charge >= 0.3 is 5.97 Å². The summed E-state index contributed by atoms with van der Waals surface area (Å²) in [6.07, 6.45) is 4.26. The minimum Gasteiger partial charge on any atom is -0.468 e. The van der Waals surface area contributed by atoms with E-state index in [0.29, 0.717) is 11.8 Å². The van der Waals surface area contributed by atoms with Gasteiger partial charge in [0.25, 0.3) is 0 Å². The summed E-state index contributed by atoms with van der Waals surface area (Å²) < 4.78 is 4.89. The fourth-order valence-corrected chi connectivity index (χ4v) is 2.71. The summed E-state index contributed by atoms with van der Waals surface area (Å²) in [5, 5.41) is 8.92. The number of aliphatic hydroxyl groups excluding tert-OH is 1. The second kappa shape index (κ2) is 5.15. The van der Waals surface area contributed by atoms with Crippen molar-refractivity contribution in [3.05, 3.63) is 0 Å². The van der Waals surface area contributed by atoms with Crippen LogP contribution in [0.2, 0.25) is 0 Å². The van der Waals surface area contributed by atoms with Gasteiger partial charge in [0, 0.05) is 13.2 Å². The molecule has 0 amide bonds. The van der Waals surface area contributed by atoms with E-state index in [4.69, 9.17) is 9.84 Å². The number of carbonyl (C=O) groups is 1. The van der Waals surface area contributed by atoms with Gasteiger partial charge in [0.2, 0.25) is 0 Å². The number of methoxy groups -OCH3 is 1. The maximum Gasteiger partial charge on any atom is 0.323 e. The van der Waals surface area contributed by atoms with Crippen LogP contribution >= 0.6 is 0 Å². The lowest BCUT2D eigenvalue weighted by atomic mass is 10.1. The van der Waals surface area contributed by atoms with Gasteiger partial charge in [0.1, 0.15) is 6.04 Å². The van der Waals surface area contributed by atoms with Gasteiger partial charge in [0.05, 0.1) is 7.11 Å². The van der Waals surface area contributed by atoms with Crippen LogP contribution in [0.25, 0.3) is 0 Å². The minimum atomic E-state index is -0.0767. The van der Waals surface area contributed by atoms with E-state index >= 15 is 0 Å². The Morgan fingerprint density at radius 2 is 2.25 bits per heavy atom. The van der Waals surface area contributed by atoms with Crippen LogP contribution in [0, 0.1) is 11.8 Å². The molecule has 2 unspecified atom stereocenters. The zero-order chi connectivity index (χ0) is 11.5. The first-order chi connectivity index (χ1) is 7.76. The van der Waals surface area contributed by atoms with Gasteiger partial charge in [0.15, 0.2) is 0 Å². The first-order valence-electron chi connectivity index (χ1n) is 6.19. The van der Waals surface area contributed by atoms with Crippen molar-refractivity contribution in [2.75, 3.05) is 26.8 Å². The number of nitrogens with zero attached hydrogens (tertiary/aromatic N) is 1. The Balaban J connectivity index is 1.91. The van der Waals surface area contributed by atoms with Crippen LogP contribution in [0.15, 0.2) is 0 Å². The molecule has 92 valence electrons. The van der Waals surface area contributed by atoms with Crippen LogP contribution in [0.3, 0.4) is 0 Å². The lowest BCUT2D eigenvalue weighted by Gasteiger charge is -2.25. The molecule has 2 fully saturated rings. The molecule has 2 aliphatic rings. The maximum absolute atomic E-state index is 11.7. The molecule has 0 aromatic carbocycles. The van der Waals surface area contributed by atoms with Crippen molar-refractivity contribution >= 4 is 5.97 Å². The van der Waals surface area contributed by atoms with Crippen molar-refractivity contribution in [1.29, 1.82) is 0 Å². The highest BCUT2D eigenvalue weighted by atomic mass is 16.5. The fourth-order valence-electron chi connectivity index (χ4n) is 2.71. The van der Waals surface area contributed by atoms with Crippen molar-refractivity contribution in [3.63, 3.8) is 0 Å². The third kappa shape index (κ3) is 2.55. The van der Waals surface area contributed by atoms with E-state index in [0.717, 1.165) is 38.8 Å². The summed E-state index contributed by atoms with van der Waals surface area (Å²) in [4.78, 5) is 14.0. The number of rotatable bonds is 5. The summed E-state index contributed by atoms with van der Waals surface area (Å²) in [6, 6.07) is -0.0197. The molecule has 1 saturated heterocycles. The Morgan fingerprint density at radius 3 is 2.81 bits per heavy atom. The predicted molar refractivity (Wildman–Crippen MR) is 59.9 cm³/mol. The Hall–Kier alpha value is -0.610. The molecule has 1 N–H and O–H groups in total. The average molecular weight is 227 g/mol. The number of hydrogen-bond donors (Lipinski definition) is 1. The molecule has 1 aliphatic heterocycles. The lowest BCUT2D eigenvalue weighted by Crippen LogP contribution is -2.42. The standard InChI is InChI=1S/C12H21NO3/c1-16-12(15)11(10-2-3-10)13-6-4-9(8-13)5-7-14/h9-11,14H,2-8H2,1H3. The number of likely N-dealkylation sites (tertiary alicyclic amines) is 1. The van der Waals surface area contributed by atoms with Crippen LogP contribution in [-0.4, -0.2) is 48.8 Å². The van der Waals surface area contributed by atoms with Crippen molar-refractivity contribution in [2.24, 2.45) is 11.8 Å². The Bertz CT molecular complexity index is 253. The van der Waals surface area contributed by atoms with E-state index in [9.17, 15) is 4.79 Å². The number of aliphatic hydroxyl groups is 1. The number of ether oxygens (including phenoxy) is 1. The predicted octanol–water partition coefficient (Wildman–Crippen LogP) is 0.642. The van der Waals surface area contributed by atoms with E-state index in [-0.39, 0.29) is 18.6 Å². The summed E-state index contributed by atoms with van der Waals surface area (Å²) >= 11 is 0. The van der Waals surface area contributed by atoms with E-state index in [1.165, 1.54) is 7.11 Å². The topological polar surface area (TPSA) is 49.8 Å². The molecule has 4 nitrogen and oxygen atoms in total. The fraction of sp³-hybridized carbons (Fsp3) is 0.917. The second-order valence-corrected chi connectivity index (χ2v) is 4.97. The molecule has 0 aromatic rings. The summed E-state index contributed by atoms with van der Waals surface area (Å²) in [7, 11) is 1.47. The third-order valence-electron chi connectivity index (χ3n) is 3.76. The zero-order valence-electron chi connectivity index (χ0n) is 9.89. The van der Waals surface area contributed by atoms with Crippen molar-refractivity contribution in [3.8, 4) is 0 Å². The molecule has 2 rings (SSSR count). The zero-order valence-corrected chi connectivity index (χ0v) is 9.89. The van der Waals surface area contributed by atoms with Crippen LogP contribution in [0.1, 0.15) is 25.7 Å². The SMILES string of the molecule is COC(=O)C(C1CC1)N1CCC(CCO)C1. The highest BCUT2D eigenvalue weighted by molar-refractivity contribution is 5.76. The first kappa shape index (κ1) is 11.9.